The number of carbonyl (C=O) groups is 1. The van der Waals surface area contributed by atoms with Crippen LogP contribution in [0.15, 0.2) is 72.8 Å². The van der Waals surface area contributed by atoms with Crippen LogP contribution in [0.3, 0.4) is 0 Å². The number of aryl methyl sites for hydroxylation is 1. The Morgan fingerprint density at radius 3 is 2.55 bits per heavy atom. The SMILES string of the molecule is Cc1nc(Cc2cccc3ccccc23)sc1CC(=O)NC(C)c1ccccc1. The summed E-state index contributed by atoms with van der Waals surface area (Å²) >= 11 is 1.64. The van der Waals surface area contributed by atoms with Gasteiger partial charge < -0.3 is 5.32 Å². The predicted octanol–water partition coefficient (Wildman–Crippen LogP) is 5.62. The molecule has 1 aromatic heterocycles. The quantitative estimate of drug-likeness (QED) is 0.457. The van der Waals surface area contributed by atoms with E-state index < -0.39 is 0 Å². The van der Waals surface area contributed by atoms with Gasteiger partial charge in [0.15, 0.2) is 0 Å². The maximum atomic E-state index is 12.6. The van der Waals surface area contributed by atoms with Crippen LogP contribution >= 0.6 is 11.3 Å². The summed E-state index contributed by atoms with van der Waals surface area (Å²) in [4.78, 5) is 18.3. The Hall–Kier alpha value is -2.98. The van der Waals surface area contributed by atoms with Crippen molar-refractivity contribution in [1.29, 1.82) is 0 Å². The van der Waals surface area contributed by atoms with E-state index in [-0.39, 0.29) is 11.9 Å². The van der Waals surface area contributed by atoms with E-state index in [1.54, 1.807) is 11.3 Å². The van der Waals surface area contributed by atoms with Crippen molar-refractivity contribution in [2.24, 2.45) is 0 Å². The molecule has 1 N–H and O–H groups in total. The molecule has 0 radical (unpaired) electrons. The van der Waals surface area contributed by atoms with E-state index in [0.717, 1.165) is 27.6 Å². The predicted molar refractivity (Wildman–Crippen MR) is 120 cm³/mol. The van der Waals surface area contributed by atoms with Gasteiger partial charge in [-0.25, -0.2) is 4.98 Å². The van der Waals surface area contributed by atoms with Gasteiger partial charge in [-0.2, -0.15) is 0 Å². The minimum atomic E-state index is -0.00733. The minimum absolute atomic E-state index is 0.00733. The van der Waals surface area contributed by atoms with E-state index in [1.165, 1.54) is 16.3 Å². The van der Waals surface area contributed by atoms with Crippen molar-refractivity contribution in [3.05, 3.63) is 99.5 Å². The molecule has 1 atom stereocenters. The van der Waals surface area contributed by atoms with Crippen LogP contribution in [0.2, 0.25) is 0 Å². The van der Waals surface area contributed by atoms with Gasteiger partial charge >= 0.3 is 0 Å². The summed E-state index contributed by atoms with van der Waals surface area (Å²) in [5.74, 6) is 0.0322. The zero-order valence-electron chi connectivity index (χ0n) is 16.7. The largest absolute Gasteiger partial charge is 0.349 e. The molecule has 29 heavy (non-hydrogen) atoms. The van der Waals surface area contributed by atoms with Crippen molar-refractivity contribution in [1.82, 2.24) is 10.3 Å². The summed E-state index contributed by atoms with van der Waals surface area (Å²) in [6.07, 6.45) is 1.16. The van der Waals surface area contributed by atoms with Gasteiger partial charge in [-0.1, -0.05) is 72.8 Å². The van der Waals surface area contributed by atoms with Crippen molar-refractivity contribution in [2.45, 2.75) is 32.7 Å². The molecule has 0 saturated carbocycles. The van der Waals surface area contributed by atoms with E-state index in [1.807, 2.05) is 44.2 Å². The number of nitrogens with zero attached hydrogens (tertiary/aromatic N) is 1. The number of carbonyl (C=O) groups excluding carboxylic acids is 1. The van der Waals surface area contributed by atoms with Crippen LogP contribution in [0.5, 0.6) is 0 Å². The third-order valence-electron chi connectivity index (χ3n) is 5.16. The highest BCUT2D eigenvalue weighted by Gasteiger charge is 2.15. The molecule has 0 saturated heterocycles. The van der Waals surface area contributed by atoms with Crippen LogP contribution in [0.25, 0.3) is 10.8 Å². The molecule has 1 amide bonds. The number of nitrogens with one attached hydrogen (secondary N) is 1. The second-order valence-corrected chi connectivity index (χ2v) is 8.48. The molecule has 4 aromatic rings. The van der Waals surface area contributed by atoms with Crippen molar-refractivity contribution in [3.8, 4) is 0 Å². The van der Waals surface area contributed by atoms with E-state index in [2.05, 4.69) is 47.8 Å². The Labute approximate surface area is 175 Å². The van der Waals surface area contributed by atoms with Crippen molar-refractivity contribution in [3.63, 3.8) is 0 Å². The Balaban J connectivity index is 1.46. The third kappa shape index (κ3) is 4.54. The van der Waals surface area contributed by atoms with Crippen molar-refractivity contribution in [2.75, 3.05) is 0 Å². The fraction of sp³-hybridized carbons (Fsp3) is 0.200. The molecule has 0 bridgehead atoms. The van der Waals surface area contributed by atoms with Gasteiger partial charge in [0.05, 0.1) is 23.2 Å². The summed E-state index contributed by atoms with van der Waals surface area (Å²) in [6, 6.07) is 24.8. The molecule has 146 valence electrons. The summed E-state index contributed by atoms with van der Waals surface area (Å²) in [6.45, 7) is 4.01. The fourth-order valence-corrected chi connectivity index (χ4v) is 4.69. The first-order valence-electron chi connectivity index (χ1n) is 9.86. The number of aromatic nitrogens is 1. The van der Waals surface area contributed by atoms with Crippen LogP contribution < -0.4 is 5.32 Å². The van der Waals surface area contributed by atoms with Crippen molar-refractivity contribution >= 4 is 28.0 Å². The number of amides is 1. The maximum Gasteiger partial charge on any atom is 0.225 e. The Morgan fingerprint density at radius 2 is 1.72 bits per heavy atom. The molecular formula is C25H24N2OS. The monoisotopic (exact) mass is 400 g/mol. The number of benzene rings is 3. The lowest BCUT2D eigenvalue weighted by Crippen LogP contribution is -2.28. The molecule has 3 aromatic carbocycles. The summed E-state index contributed by atoms with van der Waals surface area (Å²) in [5.41, 5.74) is 3.33. The number of fused-ring (bicyclic) bond motifs is 1. The van der Waals surface area contributed by atoms with Crippen LogP contribution in [0, 0.1) is 6.92 Å². The molecule has 4 heteroatoms. The van der Waals surface area contributed by atoms with E-state index in [4.69, 9.17) is 4.98 Å². The van der Waals surface area contributed by atoms with Gasteiger partial charge in [-0.3, -0.25) is 4.79 Å². The lowest BCUT2D eigenvalue weighted by atomic mass is 10.0. The highest BCUT2D eigenvalue weighted by molar-refractivity contribution is 7.11. The van der Waals surface area contributed by atoms with Gasteiger partial charge in [-0.15, -0.1) is 11.3 Å². The van der Waals surface area contributed by atoms with Gasteiger partial charge in [0.25, 0.3) is 0 Å². The first kappa shape index (κ1) is 19.3. The molecule has 0 fully saturated rings. The standard InChI is InChI=1S/C25H24N2OS/c1-17(19-9-4-3-5-10-19)26-24(28)16-23-18(2)27-25(29-23)15-21-13-8-12-20-11-6-7-14-22(20)21/h3-14,17H,15-16H2,1-2H3,(H,26,28). The number of rotatable bonds is 6. The van der Waals surface area contributed by atoms with Crippen LogP contribution in [-0.2, 0) is 17.6 Å². The summed E-state index contributed by atoms with van der Waals surface area (Å²) in [7, 11) is 0. The van der Waals surface area contributed by atoms with E-state index in [9.17, 15) is 4.79 Å². The fourth-order valence-electron chi connectivity index (χ4n) is 3.60. The molecule has 0 aliphatic rings. The van der Waals surface area contributed by atoms with Gasteiger partial charge in [0.1, 0.15) is 0 Å². The lowest BCUT2D eigenvalue weighted by Gasteiger charge is -2.13. The Kier molecular flexibility index (Phi) is 5.72. The first-order chi connectivity index (χ1) is 14.1. The minimum Gasteiger partial charge on any atom is -0.349 e. The van der Waals surface area contributed by atoms with Gasteiger partial charge in [0.2, 0.25) is 5.91 Å². The topological polar surface area (TPSA) is 42.0 Å². The van der Waals surface area contributed by atoms with Crippen LogP contribution in [0.1, 0.15) is 39.7 Å². The Bertz CT molecular complexity index is 1130. The third-order valence-corrected chi connectivity index (χ3v) is 6.31. The summed E-state index contributed by atoms with van der Waals surface area (Å²) in [5, 5.41) is 6.65. The number of thiazole rings is 1. The zero-order chi connectivity index (χ0) is 20.2. The van der Waals surface area contributed by atoms with Gasteiger partial charge in [-0.05, 0) is 35.7 Å². The Morgan fingerprint density at radius 1 is 1.00 bits per heavy atom. The number of hydrogen-bond donors (Lipinski definition) is 1. The average molecular weight is 401 g/mol. The molecule has 0 aliphatic heterocycles. The van der Waals surface area contributed by atoms with E-state index in [0.29, 0.717) is 6.42 Å². The normalized spacial score (nSPS) is 12.1. The van der Waals surface area contributed by atoms with Crippen molar-refractivity contribution < 1.29 is 4.79 Å². The van der Waals surface area contributed by atoms with E-state index >= 15 is 0 Å². The molecule has 0 aliphatic carbocycles. The lowest BCUT2D eigenvalue weighted by molar-refractivity contribution is -0.121. The molecule has 1 unspecified atom stereocenters. The summed E-state index contributed by atoms with van der Waals surface area (Å²) < 4.78 is 0. The molecule has 3 nitrogen and oxygen atoms in total. The highest BCUT2D eigenvalue weighted by atomic mass is 32.1. The smallest absolute Gasteiger partial charge is 0.225 e. The first-order valence-corrected chi connectivity index (χ1v) is 10.7. The maximum absolute atomic E-state index is 12.6. The van der Waals surface area contributed by atoms with Gasteiger partial charge in [0, 0.05) is 11.3 Å². The number of hydrogen-bond acceptors (Lipinski definition) is 3. The van der Waals surface area contributed by atoms with Crippen LogP contribution in [-0.4, -0.2) is 10.9 Å². The second kappa shape index (κ2) is 8.58. The highest BCUT2D eigenvalue weighted by Crippen LogP contribution is 2.25. The molecule has 1 heterocycles. The second-order valence-electron chi connectivity index (χ2n) is 7.31. The van der Waals surface area contributed by atoms with Crippen LogP contribution in [0.4, 0.5) is 0 Å². The zero-order valence-corrected chi connectivity index (χ0v) is 17.5. The molecule has 4 rings (SSSR count). The molecule has 0 spiro atoms. The average Bonchev–Trinajstić information content (AvgIpc) is 3.07. The molecular weight excluding hydrogens is 376 g/mol.